The number of piperidine rings is 1. The van der Waals surface area contributed by atoms with E-state index < -0.39 is 0 Å². The Balaban J connectivity index is 1.52. The van der Waals surface area contributed by atoms with E-state index in [-0.39, 0.29) is 0 Å². The van der Waals surface area contributed by atoms with Crippen LogP contribution in [0, 0.1) is 5.92 Å². The average molecular weight is 429 g/mol. The lowest BCUT2D eigenvalue weighted by Gasteiger charge is -2.33. The predicted octanol–water partition coefficient (Wildman–Crippen LogP) is 4.17. The summed E-state index contributed by atoms with van der Waals surface area (Å²) in [6.07, 6.45) is 9.17. The normalized spacial score (nSPS) is 20.0. The smallest absolute Gasteiger partial charge is 0.232 e. The minimum absolute atomic E-state index is 0.498. The maximum atomic E-state index is 5.48. The highest BCUT2D eigenvalue weighted by atomic mass is 32.1. The fraction of sp³-hybridized carbons (Fsp3) is 0.591. The fourth-order valence-electron chi connectivity index (χ4n) is 4.23. The van der Waals surface area contributed by atoms with Gasteiger partial charge in [0.05, 0.1) is 12.8 Å². The summed E-state index contributed by atoms with van der Waals surface area (Å²) >= 11 is 5.48. The number of rotatable bonds is 5. The summed E-state index contributed by atoms with van der Waals surface area (Å²) in [6.45, 7) is 7.02. The van der Waals surface area contributed by atoms with Crippen molar-refractivity contribution in [2.75, 3.05) is 41.3 Å². The molecule has 0 saturated carbocycles. The molecule has 0 aliphatic carbocycles. The van der Waals surface area contributed by atoms with Gasteiger partial charge in [-0.1, -0.05) is 19.8 Å². The number of anilines is 3. The molecule has 30 heavy (non-hydrogen) atoms. The molecule has 0 radical (unpaired) electrons. The van der Waals surface area contributed by atoms with E-state index in [1.807, 2.05) is 12.1 Å². The zero-order chi connectivity index (χ0) is 20.8. The number of hydrogen-bond acceptors (Lipinski definition) is 6. The quantitative estimate of drug-likeness (QED) is 0.688. The Hall–Kier alpha value is -2.35. The summed E-state index contributed by atoms with van der Waals surface area (Å²) in [5.74, 6) is 4.06. The number of aromatic nitrogens is 2. The predicted molar refractivity (Wildman–Crippen MR) is 125 cm³/mol. The molecular formula is C22H32N6OS. The molecular weight excluding hydrogens is 396 g/mol. The first-order valence-corrected chi connectivity index (χ1v) is 11.5. The van der Waals surface area contributed by atoms with E-state index >= 15 is 0 Å². The van der Waals surface area contributed by atoms with Crippen molar-refractivity contribution in [3.8, 4) is 0 Å². The topological polar surface area (TPSA) is 69.5 Å². The summed E-state index contributed by atoms with van der Waals surface area (Å²) in [5.41, 5.74) is 0. The molecule has 8 heteroatoms. The molecule has 1 unspecified atom stereocenters. The molecule has 0 spiro atoms. The van der Waals surface area contributed by atoms with E-state index in [4.69, 9.17) is 26.6 Å². The lowest BCUT2D eigenvalue weighted by Crippen LogP contribution is -2.36. The van der Waals surface area contributed by atoms with E-state index in [1.165, 1.54) is 38.5 Å². The third-order valence-electron chi connectivity index (χ3n) is 5.84. The van der Waals surface area contributed by atoms with Crippen molar-refractivity contribution in [1.29, 1.82) is 0 Å². The molecule has 2 aromatic rings. The van der Waals surface area contributed by atoms with Crippen molar-refractivity contribution >= 4 is 34.9 Å². The van der Waals surface area contributed by atoms with Gasteiger partial charge < -0.3 is 24.9 Å². The third kappa shape index (κ3) is 5.62. The van der Waals surface area contributed by atoms with Gasteiger partial charge in [-0.3, -0.25) is 0 Å². The van der Waals surface area contributed by atoms with Gasteiger partial charge in [-0.2, -0.15) is 9.97 Å². The number of nitrogens with one attached hydrogen (secondary N) is 2. The zero-order valence-corrected chi connectivity index (χ0v) is 18.6. The van der Waals surface area contributed by atoms with Gasteiger partial charge in [-0.25, -0.2) is 0 Å². The summed E-state index contributed by atoms with van der Waals surface area (Å²) in [5, 5.41) is 6.86. The van der Waals surface area contributed by atoms with Crippen molar-refractivity contribution in [1.82, 2.24) is 15.3 Å². The second-order valence-corrected chi connectivity index (χ2v) is 8.80. The van der Waals surface area contributed by atoms with Gasteiger partial charge in [-0.05, 0) is 56.0 Å². The molecule has 162 valence electrons. The Bertz CT molecular complexity index is 799. The monoisotopic (exact) mass is 428 g/mol. The standard InChI is InChI=1S/C22H32N6OS/c1-17-8-6-12-28(16-17)20-14-19(27-10-4-2-3-5-11-27)24-21(25-20)26-22(30)23-15-18-9-7-13-29-18/h7,9,13-14,17H,2-6,8,10-12,15-16H2,1H3,(H2,23,24,25,26,30). The van der Waals surface area contributed by atoms with Crippen LogP contribution in [0.25, 0.3) is 0 Å². The first kappa shape index (κ1) is 20.9. The van der Waals surface area contributed by atoms with E-state index in [0.717, 1.165) is 43.6 Å². The molecule has 2 aliphatic rings. The number of nitrogens with zero attached hydrogens (tertiary/aromatic N) is 4. The Morgan fingerprint density at radius 2 is 1.83 bits per heavy atom. The Kier molecular flexibility index (Phi) is 7.04. The average Bonchev–Trinajstić information content (AvgIpc) is 3.12. The van der Waals surface area contributed by atoms with Crippen LogP contribution in [0.15, 0.2) is 28.9 Å². The molecule has 4 heterocycles. The Labute approximate surface area is 184 Å². The van der Waals surface area contributed by atoms with Gasteiger partial charge in [0, 0.05) is 32.2 Å². The van der Waals surface area contributed by atoms with Gasteiger partial charge in [0.1, 0.15) is 17.4 Å². The van der Waals surface area contributed by atoms with Crippen molar-refractivity contribution < 1.29 is 4.42 Å². The second kappa shape index (κ2) is 10.1. The fourth-order valence-corrected chi connectivity index (χ4v) is 4.39. The van der Waals surface area contributed by atoms with Crippen molar-refractivity contribution in [3.05, 3.63) is 30.2 Å². The van der Waals surface area contributed by atoms with Crippen LogP contribution < -0.4 is 20.4 Å². The SMILES string of the molecule is CC1CCCN(c2cc(N3CCCCCC3)nc(NC(=S)NCc3ccco3)n2)C1. The first-order valence-electron chi connectivity index (χ1n) is 11.1. The molecule has 2 aliphatic heterocycles. The maximum Gasteiger partial charge on any atom is 0.232 e. The van der Waals surface area contributed by atoms with Gasteiger partial charge >= 0.3 is 0 Å². The van der Waals surface area contributed by atoms with Gasteiger partial charge in [0.25, 0.3) is 0 Å². The molecule has 0 amide bonds. The third-order valence-corrected chi connectivity index (χ3v) is 6.09. The van der Waals surface area contributed by atoms with Gasteiger partial charge in [-0.15, -0.1) is 0 Å². The van der Waals surface area contributed by atoms with Crippen molar-refractivity contribution in [2.45, 2.75) is 52.0 Å². The summed E-state index contributed by atoms with van der Waals surface area (Å²) in [6, 6.07) is 5.95. The van der Waals surface area contributed by atoms with Crippen LogP contribution in [-0.2, 0) is 6.54 Å². The van der Waals surface area contributed by atoms with Crippen LogP contribution in [0.4, 0.5) is 17.6 Å². The van der Waals surface area contributed by atoms with E-state index in [0.29, 0.717) is 23.5 Å². The van der Waals surface area contributed by atoms with Crippen LogP contribution in [0.1, 0.15) is 51.2 Å². The number of hydrogen-bond donors (Lipinski definition) is 2. The minimum Gasteiger partial charge on any atom is -0.467 e. The Morgan fingerprint density at radius 3 is 2.53 bits per heavy atom. The first-order chi connectivity index (χ1) is 14.7. The van der Waals surface area contributed by atoms with Crippen LogP contribution in [-0.4, -0.2) is 41.3 Å². The van der Waals surface area contributed by atoms with Crippen LogP contribution in [0.2, 0.25) is 0 Å². The summed E-state index contributed by atoms with van der Waals surface area (Å²) in [4.78, 5) is 14.4. The molecule has 7 nitrogen and oxygen atoms in total. The van der Waals surface area contributed by atoms with E-state index in [1.54, 1.807) is 6.26 Å². The molecule has 2 fully saturated rings. The van der Waals surface area contributed by atoms with Crippen LogP contribution in [0.5, 0.6) is 0 Å². The van der Waals surface area contributed by atoms with Crippen molar-refractivity contribution in [3.63, 3.8) is 0 Å². The van der Waals surface area contributed by atoms with Crippen LogP contribution in [0.3, 0.4) is 0 Å². The molecule has 4 rings (SSSR count). The van der Waals surface area contributed by atoms with Crippen molar-refractivity contribution in [2.24, 2.45) is 5.92 Å². The molecule has 2 aromatic heterocycles. The minimum atomic E-state index is 0.498. The van der Waals surface area contributed by atoms with Crippen LogP contribution >= 0.6 is 12.2 Å². The summed E-state index contributed by atoms with van der Waals surface area (Å²) in [7, 11) is 0. The zero-order valence-electron chi connectivity index (χ0n) is 17.8. The molecule has 0 bridgehead atoms. The molecule has 1 atom stereocenters. The van der Waals surface area contributed by atoms with Gasteiger partial charge in [0.15, 0.2) is 5.11 Å². The second-order valence-electron chi connectivity index (χ2n) is 8.39. The largest absolute Gasteiger partial charge is 0.467 e. The van der Waals surface area contributed by atoms with E-state index in [2.05, 4.69) is 33.4 Å². The lowest BCUT2D eigenvalue weighted by molar-refractivity contribution is 0.444. The highest BCUT2D eigenvalue weighted by Gasteiger charge is 2.21. The van der Waals surface area contributed by atoms with Gasteiger partial charge in [0.2, 0.25) is 5.95 Å². The Morgan fingerprint density at radius 1 is 1.10 bits per heavy atom. The highest BCUT2D eigenvalue weighted by molar-refractivity contribution is 7.80. The molecule has 0 aromatic carbocycles. The number of furan rings is 1. The highest BCUT2D eigenvalue weighted by Crippen LogP contribution is 2.27. The number of thiocarbonyl (C=S) groups is 1. The van der Waals surface area contributed by atoms with E-state index in [9.17, 15) is 0 Å². The lowest BCUT2D eigenvalue weighted by atomic mass is 10.0. The summed E-state index contributed by atoms with van der Waals surface area (Å²) < 4.78 is 5.36. The molecule has 2 saturated heterocycles. The maximum absolute atomic E-state index is 5.48. The molecule has 2 N–H and O–H groups in total.